The average Bonchev–Trinajstić information content (AvgIpc) is 2.63. The van der Waals surface area contributed by atoms with Crippen molar-refractivity contribution in [3.05, 3.63) is 0 Å². The first kappa shape index (κ1) is 16.8. The van der Waals surface area contributed by atoms with Gasteiger partial charge in [-0.3, -0.25) is 4.79 Å². The molecule has 6 heteroatoms. The van der Waals surface area contributed by atoms with Crippen molar-refractivity contribution < 1.29 is 14.7 Å². The Morgan fingerprint density at radius 1 is 1.35 bits per heavy atom. The van der Waals surface area contributed by atoms with Gasteiger partial charge in [-0.2, -0.15) is 0 Å². The maximum atomic E-state index is 12.2. The summed E-state index contributed by atoms with van der Waals surface area (Å²) in [5, 5.41) is 15.1. The molecule has 20 heavy (non-hydrogen) atoms. The minimum atomic E-state index is -0.716. The number of rotatable bonds is 5. The SMILES string of the molecule is COC(C)(C)CC(=O)NC1(C(N)=NO)CCCCCC1. The van der Waals surface area contributed by atoms with Gasteiger partial charge >= 0.3 is 0 Å². The number of methoxy groups -OCH3 is 1. The molecule has 1 amide bonds. The van der Waals surface area contributed by atoms with Gasteiger partial charge in [-0.15, -0.1) is 0 Å². The van der Waals surface area contributed by atoms with Crippen molar-refractivity contribution in [3.8, 4) is 0 Å². The van der Waals surface area contributed by atoms with Crippen LogP contribution in [0.15, 0.2) is 5.16 Å². The number of carbonyl (C=O) groups is 1. The Balaban J connectivity index is 2.82. The Morgan fingerprint density at radius 2 is 1.90 bits per heavy atom. The minimum Gasteiger partial charge on any atom is -0.409 e. The molecule has 1 aliphatic carbocycles. The summed E-state index contributed by atoms with van der Waals surface area (Å²) in [4.78, 5) is 12.2. The van der Waals surface area contributed by atoms with Crippen LogP contribution in [0.1, 0.15) is 58.8 Å². The third-order valence-electron chi connectivity index (χ3n) is 4.07. The van der Waals surface area contributed by atoms with E-state index in [-0.39, 0.29) is 18.2 Å². The van der Waals surface area contributed by atoms with Crippen molar-refractivity contribution in [2.24, 2.45) is 10.9 Å². The molecule has 6 nitrogen and oxygen atoms in total. The standard InChI is InChI=1S/C14H27N3O3/c1-13(2,20-3)10-11(18)16-14(12(15)17-19)8-6-4-5-7-9-14/h19H,4-10H2,1-3H3,(H2,15,17)(H,16,18). The van der Waals surface area contributed by atoms with E-state index in [9.17, 15) is 4.79 Å². The lowest BCUT2D eigenvalue weighted by Gasteiger charge is -2.34. The summed E-state index contributed by atoms with van der Waals surface area (Å²) in [6.45, 7) is 3.71. The van der Waals surface area contributed by atoms with Crippen LogP contribution in [0.4, 0.5) is 0 Å². The van der Waals surface area contributed by atoms with E-state index in [0.717, 1.165) is 25.7 Å². The first-order valence-electron chi connectivity index (χ1n) is 7.19. The number of oxime groups is 1. The van der Waals surface area contributed by atoms with E-state index in [0.29, 0.717) is 12.8 Å². The van der Waals surface area contributed by atoms with Crippen LogP contribution >= 0.6 is 0 Å². The van der Waals surface area contributed by atoms with Gasteiger partial charge in [-0.25, -0.2) is 0 Å². The molecule has 0 aromatic carbocycles. The van der Waals surface area contributed by atoms with E-state index in [1.54, 1.807) is 7.11 Å². The fourth-order valence-electron chi connectivity index (χ4n) is 2.64. The van der Waals surface area contributed by atoms with Crippen molar-refractivity contribution in [3.63, 3.8) is 0 Å². The molecule has 1 rings (SSSR count). The van der Waals surface area contributed by atoms with Gasteiger partial charge in [0.05, 0.1) is 12.0 Å². The zero-order valence-electron chi connectivity index (χ0n) is 12.7. The Bertz CT molecular complexity index is 359. The van der Waals surface area contributed by atoms with Gasteiger partial charge in [0.15, 0.2) is 5.84 Å². The van der Waals surface area contributed by atoms with E-state index in [4.69, 9.17) is 15.7 Å². The maximum absolute atomic E-state index is 12.2. The predicted molar refractivity (Wildman–Crippen MR) is 77.7 cm³/mol. The highest BCUT2D eigenvalue weighted by Gasteiger charge is 2.38. The third kappa shape index (κ3) is 4.37. The predicted octanol–water partition coefficient (Wildman–Crippen LogP) is 1.76. The molecule has 0 saturated heterocycles. The number of nitrogens with two attached hydrogens (primary N) is 1. The number of amides is 1. The molecule has 0 aromatic heterocycles. The zero-order valence-corrected chi connectivity index (χ0v) is 12.7. The smallest absolute Gasteiger partial charge is 0.223 e. The van der Waals surface area contributed by atoms with Crippen LogP contribution < -0.4 is 11.1 Å². The molecule has 1 aliphatic rings. The van der Waals surface area contributed by atoms with Gasteiger partial charge in [0, 0.05) is 7.11 Å². The van der Waals surface area contributed by atoms with Gasteiger partial charge in [0.25, 0.3) is 0 Å². The number of nitrogens with zero attached hydrogens (tertiary/aromatic N) is 1. The van der Waals surface area contributed by atoms with E-state index in [1.807, 2.05) is 13.8 Å². The summed E-state index contributed by atoms with van der Waals surface area (Å²) in [5.41, 5.74) is 4.61. The van der Waals surface area contributed by atoms with E-state index >= 15 is 0 Å². The molecule has 0 atom stereocenters. The molecule has 1 fully saturated rings. The van der Waals surface area contributed by atoms with E-state index in [1.165, 1.54) is 0 Å². The molecule has 0 aliphatic heterocycles. The van der Waals surface area contributed by atoms with Gasteiger partial charge in [-0.1, -0.05) is 30.8 Å². The van der Waals surface area contributed by atoms with Crippen LogP contribution in [0.25, 0.3) is 0 Å². The van der Waals surface area contributed by atoms with Crippen molar-refractivity contribution in [2.75, 3.05) is 7.11 Å². The number of amidine groups is 1. The lowest BCUT2D eigenvalue weighted by molar-refractivity contribution is -0.127. The molecular weight excluding hydrogens is 258 g/mol. The fourth-order valence-corrected chi connectivity index (χ4v) is 2.64. The Labute approximate surface area is 120 Å². The van der Waals surface area contributed by atoms with Crippen molar-refractivity contribution in [1.29, 1.82) is 0 Å². The van der Waals surface area contributed by atoms with Crippen molar-refractivity contribution >= 4 is 11.7 Å². The molecule has 1 saturated carbocycles. The number of carbonyl (C=O) groups excluding carboxylic acids is 1. The highest BCUT2D eigenvalue weighted by atomic mass is 16.5. The second-order valence-corrected chi connectivity index (χ2v) is 6.17. The van der Waals surface area contributed by atoms with Gasteiger partial charge < -0.3 is 21.0 Å². The van der Waals surface area contributed by atoms with Crippen LogP contribution in [-0.4, -0.2) is 35.2 Å². The Morgan fingerprint density at radius 3 is 2.35 bits per heavy atom. The highest BCUT2D eigenvalue weighted by molar-refractivity contribution is 5.94. The summed E-state index contributed by atoms with van der Waals surface area (Å²) in [6, 6.07) is 0. The molecule has 4 N–H and O–H groups in total. The molecule has 0 spiro atoms. The van der Waals surface area contributed by atoms with Crippen LogP contribution in [0, 0.1) is 0 Å². The van der Waals surface area contributed by atoms with Gasteiger partial charge in [0.1, 0.15) is 5.54 Å². The second-order valence-electron chi connectivity index (χ2n) is 6.17. The van der Waals surface area contributed by atoms with E-state index in [2.05, 4.69) is 10.5 Å². The first-order valence-corrected chi connectivity index (χ1v) is 7.19. The number of hydrogen-bond donors (Lipinski definition) is 3. The summed E-state index contributed by atoms with van der Waals surface area (Å²) in [7, 11) is 1.58. The van der Waals surface area contributed by atoms with Crippen LogP contribution in [0.2, 0.25) is 0 Å². The summed E-state index contributed by atoms with van der Waals surface area (Å²) < 4.78 is 5.27. The average molecular weight is 285 g/mol. The van der Waals surface area contributed by atoms with Crippen LogP contribution in [-0.2, 0) is 9.53 Å². The lowest BCUT2D eigenvalue weighted by atomic mass is 9.88. The molecule has 0 bridgehead atoms. The molecule has 0 aromatic rings. The largest absolute Gasteiger partial charge is 0.409 e. The third-order valence-corrected chi connectivity index (χ3v) is 4.07. The number of hydrogen-bond acceptors (Lipinski definition) is 4. The first-order chi connectivity index (χ1) is 9.35. The molecular formula is C14H27N3O3. The number of nitrogens with one attached hydrogen (secondary N) is 1. The maximum Gasteiger partial charge on any atom is 0.223 e. The zero-order chi connectivity index (χ0) is 15.2. The molecule has 116 valence electrons. The topological polar surface area (TPSA) is 96.9 Å². The quantitative estimate of drug-likeness (QED) is 0.236. The Hall–Kier alpha value is -1.30. The second kappa shape index (κ2) is 6.92. The van der Waals surface area contributed by atoms with E-state index < -0.39 is 11.1 Å². The summed E-state index contributed by atoms with van der Waals surface area (Å²) in [5.74, 6) is -0.0340. The molecule has 0 radical (unpaired) electrons. The fraction of sp³-hybridized carbons (Fsp3) is 0.857. The molecule has 0 unspecified atom stereocenters. The number of ether oxygens (including phenoxy) is 1. The molecule has 0 heterocycles. The van der Waals surface area contributed by atoms with Gasteiger partial charge in [0.2, 0.25) is 5.91 Å². The van der Waals surface area contributed by atoms with Gasteiger partial charge in [-0.05, 0) is 26.7 Å². The van der Waals surface area contributed by atoms with Crippen molar-refractivity contribution in [2.45, 2.75) is 69.9 Å². The summed E-state index contributed by atoms with van der Waals surface area (Å²) in [6.07, 6.45) is 5.81. The summed E-state index contributed by atoms with van der Waals surface area (Å²) >= 11 is 0. The minimum absolute atomic E-state index is 0.1000. The highest BCUT2D eigenvalue weighted by Crippen LogP contribution is 2.28. The van der Waals surface area contributed by atoms with Crippen molar-refractivity contribution in [1.82, 2.24) is 5.32 Å². The lowest BCUT2D eigenvalue weighted by Crippen LogP contribution is -2.58. The normalized spacial score (nSPS) is 20.2. The van der Waals surface area contributed by atoms with Crippen LogP contribution in [0.5, 0.6) is 0 Å². The van der Waals surface area contributed by atoms with Crippen LogP contribution in [0.3, 0.4) is 0 Å². The monoisotopic (exact) mass is 285 g/mol. The Kier molecular flexibility index (Phi) is 5.80.